The van der Waals surface area contributed by atoms with Gasteiger partial charge in [-0.25, -0.2) is 0 Å². The van der Waals surface area contributed by atoms with Crippen LogP contribution >= 0.6 is 0 Å². The van der Waals surface area contributed by atoms with Gasteiger partial charge in [0.25, 0.3) is 0 Å². The molecule has 5 nitrogen and oxygen atoms in total. The van der Waals surface area contributed by atoms with Crippen molar-refractivity contribution in [2.24, 2.45) is 0 Å². The smallest absolute Gasteiger partial charge is 0.126 e. The number of hydrogen-bond acceptors (Lipinski definition) is 4. The summed E-state index contributed by atoms with van der Waals surface area (Å²) in [6, 6.07) is -0.241. The second-order valence-corrected chi connectivity index (χ2v) is 4.91. The Morgan fingerprint density at radius 2 is 1.78 bits per heavy atom. The number of rotatable bonds is 12. The molecule has 5 heteroatoms. The van der Waals surface area contributed by atoms with E-state index in [0.29, 0.717) is 13.2 Å². The first kappa shape index (κ1) is 17.8. The number of methoxy groups -OCH3 is 1. The van der Waals surface area contributed by atoms with E-state index in [1.807, 2.05) is 0 Å². The van der Waals surface area contributed by atoms with Crippen molar-refractivity contribution in [1.29, 1.82) is 0 Å². The van der Waals surface area contributed by atoms with Gasteiger partial charge < -0.3 is 9.84 Å². The molecule has 0 aliphatic heterocycles. The molecule has 0 aromatic carbocycles. The minimum atomic E-state index is -0.545. The third-order valence-corrected chi connectivity index (χ3v) is 3.05. The van der Waals surface area contributed by atoms with Crippen molar-refractivity contribution in [3.63, 3.8) is 0 Å². The predicted molar refractivity (Wildman–Crippen MR) is 71.5 cm³/mol. The van der Waals surface area contributed by atoms with Crippen LogP contribution in [0.15, 0.2) is 0 Å². The summed E-state index contributed by atoms with van der Waals surface area (Å²) >= 11 is 0. The van der Waals surface area contributed by atoms with E-state index in [-0.39, 0.29) is 11.2 Å². The zero-order valence-electron chi connectivity index (χ0n) is 12.1. The van der Waals surface area contributed by atoms with Crippen molar-refractivity contribution in [3.8, 4) is 0 Å². The Bertz CT molecular complexity index is 180. The van der Waals surface area contributed by atoms with Crippen molar-refractivity contribution in [2.75, 3.05) is 20.3 Å². The fraction of sp³-hybridized carbons (Fsp3) is 1.00. The van der Waals surface area contributed by atoms with Gasteiger partial charge >= 0.3 is 0 Å². The van der Waals surface area contributed by atoms with Gasteiger partial charge in [0, 0.05) is 13.5 Å². The quantitative estimate of drug-likeness (QED) is 0.306. The molecule has 0 aliphatic carbocycles. The third-order valence-electron chi connectivity index (χ3n) is 3.05. The lowest BCUT2D eigenvalue weighted by Crippen LogP contribution is -3.17. The molecule has 0 rings (SSSR count). The molecule has 1 unspecified atom stereocenters. The maximum absolute atomic E-state index is 9.74. The lowest BCUT2D eigenvalue weighted by atomic mass is 10.1. The molecule has 110 valence electrons. The van der Waals surface area contributed by atoms with Gasteiger partial charge in [0.2, 0.25) is 0 Å². The molecule has 0 radical (unpaired) electrons. The van der Waals surface area contributed by atoms with Crippen molar-refractivity contribution in [1.82, 2.24) is 5.43 Å². The number of hydroxylamine groups is 1. The maximum atomic E-state index is 9.74. The summed E-state index contributed by atoms with van der Waals surface area (Å²) in [5, 5.41) is 19.5. The Hall–Kier alpha value is -0.200. The van der Waals surface area contributed by atoms with E-state index in [2.05, 4.69) is 12.3 Å². The summed E-state index contributed by atoms with van der Waals surface area (Å²) in [5.41, 5.74) is 2.92. The Kier molecular flexibility index (Phi) is 11.7. The molecule has 0 spiro atoms. The molecule has 18 heavy (non-hydrogen) atoms. The van der Waals surface area contributed by atoms with Gasteiger partial charge in [-0.1, -0.05) is 32.6 Å². The van der Waals surface area contributed by atoms with Gasteiger partial charge in [-0.05, 0) is 13.3 Å². The van der Waals surface area contributed by atoms with Crippen LogP contribution in [-0.2, 0) is 4.74 Å². The molecule has 0 heterocycles. The molecule has 0 bridgehead atoms. The van der Waals surface area contributed by atoms with E-state index in [1.165, 1.54) is 25.7 Å². The number of quaternary nitrogens is 1. The highest BCUT2D eigenvalue weighted by atomic mass is 16.5. The van der Waals surface area contributed by atoms with Crippen LogP contribution in [0, 0.1) is 0 Å². The predicted octanol–water partition coefficient (Wildman–Crippen LogP) is 0.521. The van der Waals surface area contributed by atoms with Crippen LogP contribution in [0.5, 0.6) is 0 Å². The van der Waals surface area contributed by atoms with Crippen LogP contribution < -0.4 is 10.6 Å². The largest absolute Gasteiger partial charge is 0.391 e. The first-order valence-corrected chi connectivity index (χ1v) is 7.10. The molecular weight excluding hydrogens is 232 g/mol. The highest BCUT2D eigenvalue weighted by Crippen LogP contribution is 2.03. The van der Waals surface area contributed by atoms with E-state index in [0.717, 1.165) is 12.8 Å². The topological polar surface area (TPSA) is 66.2 Å². The van der Waals surface area contributed by atoms with E-state index >= 15 is 0 Å². The van der Waals surface area contributed by atoms with Gasteiger partial charge in [-0.3, -0.25) is 0 Å². The average molecular weight is 263 g/mol. The maximum Gasteiger partial charge on any atom is 0.126 e. The fourth-order valence-corrected chi connectivity index (χ4v) is 1.84. The lowest BCUT2D eigenvalue weighted by Gasteiger charge is -2.22. The highest BCUT2D eigenvalue weighted by molar-refractivity contribution is 4.66. The van der Waals surface area contributed by atoms with Crippen LogP contribution in [0.4, 0.5) is 0 Å². The summed E-state index contributed by atoms with van der Waals surface area (Å²) in [4.78, 5) is 0. The summed E-state index contributed by atoms with van der Waals surface area (Å²) in [5.74, 6) is 0. The number of ether oxygens (including phenoxy) is 1. The van der Waals surface area contributed by atoms with E-state index in [9.17, 15) is 10.3 Å². The SMILES string of the molecule is CCCCCCCC[NH+](O)N[C@@H](COC)[C@H](C)O. The fourth-order valence-electron chi connectivity index (χ4n) is 1.84. The zero-order chi connectivity index (χ0) is 13.8. The highest BCUT2D eigenvalue weighted by Gasteiger charge is 2.19. The van der Waals surface area contributed by atoms with Crippen LogP contribution in [0.25, 0.3) is 0 Å². The van der Waals surface area contributed by atoms with Crippen molar-refractivity contribution < 1.29 is 20.2 Å². The van der Waals surface area contributed by atoms with Crippen LogP contribution in [0.3, 0.4) is 0 Å². The van der Waals surface area contributed by atoms with Crippen molar-refractivity contribution in [2.45, 2.75) is 64.5 Å². The Balaban J connectivity index is 3.58. The molecule has 0 aromatic rings. The Morgan fingerprint density at radius 3 is 2.33 bits per heavy atom. The number of aliphatic hydroxyl groups excluding tert-OH is 1. The summed E-state index contributed by atoms with van der Waals surface area (Å²) in [7, 11) is 1.59. The first-order chi connectivity index (χ1) is 8.61. The van der Waals surface area contributed by atoms with Crippen LogP contribution in [0.1, 0.15) is 52.4 Å². The number of unbranched alkanes of at least 4 members (excludes halogenated alkanes) is 5. The molecule has 3 atom stereocenters. The van der Waals surface area contributed by atoms with Gasteiger partial charge in [-0.2, -0.15) is 5.21 Å². The number of hydrogen-bond donors (Lipinski definition) is 4. The van der Waals surface area contributed by atoms with Crippen LogP contribution in [-0.4, -0.2) is 42.7 Å². The monoisotopic (exact) mass is 263 g/mol. The first-order valence-electron chi connectivity index (χ1n) is 7.10. The lowest BCUT2D eigenvalue weighted by molar-refractivity contribution is -1.13. The molecule has 0 saturated heterocycles. The van der Waals surface area contributed by atoms with Gasteiger partial charge in [-0.15, -0.1) is 10.6 Å². The molecular formula is C13H31N2O3+. The van der Waals surface area contributed by atoms with Crippen molar-refractivity contribution in [3.05, 3.63) is 0 Å². The summed E-state index contributed by atoms with van der Waals surface area (Å²) in [6.07, 6.45) is 6.66. The molecule has 4 N–H and O–H groups in total. The minimum absolute atomic E-state index is 0.241. The second kappa shape index (κ2) is 11.9. The van der Waals surface area contributed by atoms with Gasteiger partial charge in [0.15, 0.2) is 0 Å². The van der Waals surface area contributed by atoms with E-state index in [1.54, 1.807) is 14.0 Å². The second-order valence-electron chi connectivity index (χ2n) is 4.91. The molecule has 0 fully saturated rings. The van der Waals surface area contributed by atoms with Gasteiger partial charge in [0.1, 0.15) is 12.6 Å². The summed E-state index contributed by atoms with van der Waals surface area (Å²) < 4.78 is 4.99. The van der Waals surface area contributed by atoms with E-state index < -0.39 is 6.10 Å². The molecule has 0 aromatic heterocycles. The van der Waals surface area contributed by atoms with Gasteiger partial charge in [0.05, 0.1) is 12.7 Å². The Labute approximate surface area is 111 Å². The minimum Gasteiger partial charge on any atom is -0.391 e. The average Bonchev–Trinajstić information content (AvgIpc) is 2.33. The number of aliphatic hydroxyl groups is 1. The van der Waals surface area contributed by atoms with Crippen LogP contribution in [0.2, 0.25) is 0 Å². The Morgan fingerprint density at radius 1 is 1.17 bits per heavy atom. The molecule has 0 saturated carbocycles. The third kappa shape index (κ3) is 9.79. The van der Waals surface area contributed by atoms with E-state index in [4.69, 9.17) is 4.74 Å². The number of nitrogens with one attached hydrogen (secondary N) is 2. The molecule has 0 aliphatic rings. The normalized spacial score (nSPS) is 16.5. The summed E-state index contributed by atoms with van der Waals surface area (Å²) in [6.45, 7) is 4.93. The molecule has 0 amide bonds. The zero-order valence-corrected chi connectivity index (χ0v) is 12.1. The van der Waals surface area contributed by atoms with Crippen molar-refractivity contribution >= 4 is 0 Å². The standard InChI is InChI=1S/C13H30N2O3/c1-4-5-6-7-8-9-10-15(17)14-13(11-18-3)12(2)16/h12-14,16-17H,4-11H2,1-3H3/p+1/t12-,13-/m0/s1.